The lowest BCUT2D eigenvalue weighted by Crippen LogP contribution is -2.63. The number of anilines is 1. The number of aromatic nitrogens is 2. The Morgan fingerprint density at radius 3 is 2.50 bits per heavy atom. The molecule has 1 aromatic heterocycles. The first-order valence-electron chi connectivity index (χ1n) is 17.1. The van der Waals surface area contributed by atoms with Crippen molar-refractivity contribution in [3.05, 3.63) is 100 Å². The number of nitrogens with zero attached hydrogens (tertiary/aromatic N) is 5. The number of rotatable bonds is 11. The van der Waals surface area contributed by atoms with Gasteiger partial charge in [0.15, 0.2) is 5.96 Å². The van der Waals surface area contributed by atoms with Crippen molar-refractivity contribution in [3.8, 4) is 5.75 Å². The van der Waals surface area contributed by atoms with Gasteiger partial charge in [-0.05, 0) is 91.9 Å². The van der Waals surface area contributed by atoms with Crippen LogP contribution >= 0.6 is 0 Å². The number of nitrogens with one attached hydrogen (secondary N) is 1. The van der Waals surface area contributed by atoms with Crippen molar-refractivity contribution in [1.82, 2.24) is 19.4 Å². The molecule has 3 fully saturated rings. The van der Waals surface area contributed by atoms with E-state index in [1.54, 1.807) is 23.0 Å². The summed E-state index contributed by atoms with van der Waals surface area (Å²) in [5.41, 5.74) is 3.31. The van der Waals surface area contributed by atoms with Crippen molar-refractivity contribution in [3.63, 3.8) is 0 Å². The van der Waals surface area contributed by atoms with E-state index in [1.165, 1.54) is 19.6 Å². The number of hydrogen-bond donors (Lipinski definition) is 1. The third kappa shape index (κ3) is 6.57. The highest BCUT2D eigenvalue weighted by atomic mass is 19.1. The molecule has 3 aliphatic rings. The van der Waals surface area contributed by atoms with E-state index in [1.807, 2.05) is 24.3 Å². The molecule has 3 aliphatic carbocycles. The maximum atomic E-state index is 14.6. The number of likely N-dealkylation sites (N-methyl/N-ethyl adjacent to an activating group) is 1. The molecule has 0 radical (unpaired) electrons. The van der Waals surface area contributed by atoms with Gasteiger partial charge in [-0.1, -0.05) is 57.2 Å². The summed E-state index contributed by atoms with van der Waals surface area (Å²) in [6, 6.07) is 21.1. The third-order valence-electron chi connectivity index (χ3n) is 11.2. The van der Waals surface area contributed by atoms with Crippen molar-refractivity contribution in [1.29, 1.82) is 5.41 Å². The minimum absolute atomic E-state index is 0.157. The highest BCUT2D eigenvalue weighted by molar-refractivity contribution is 5.96. The van der Waals surface area contributed by atoms with Gasteiger partial charge < -0.3 is 19.4 Å². The van der Waals surface area contributed by atoms with Crippen LogP contribution in [0.25, 0.3) is 10.9 Å². The number of halogens is 1. The number of fused-ring (bicyclic) bond motifs is 3. The normalized spacial score (nSPS) is 21.2. The molecule has 7 rings (SSSR count). The summed E-state index contributed by atoms with van der Waals surface area (Å²) in [5, 5.41) is 10.3. The number of aryl methyl sites for hydroxylation is 2. The Labute approximate surface area is 283 Å². The van der Waals surface area contributed by atoms with Crippen molar-refractivity contribution in [2.45, 2.75) is 59.2 Å². The van der Waals surface area contributed by atoms with E-state index in [-0.39, 0.29) is 17.4 Å². The summed E-state index contributed by atoms with van der Waals surface area (Å²) in [6.07, 6.45) is 4.19. The Morgan fingerprint density at radius 1 is 1.06 bits per heavy atom. The molecule has 3 saturated carbocycles. The lowest BCUT2D eigenvalue weighted by molar-refractivity contribution is -0.108. The second-order valence-corrected chi connectivity index (χ2v) is 14.6. The van der Waals surface area contributed by atoms with E-state index < -0.39 is 0 Å². The molecule has 2 bridgehead atoms. The summed E-state index contributed by atoms with van der Waals surface area (Å²) in [7, 11) is 5.64. The lowest BCUT2D eigenvalue weighted by atomic mass is 9.44. The topological polar surface area (TPSA) is 77.7 Å². The van der Waals surface area contributed by atoms with Crippen LogP contribution in [0.3, 0.4) is 0 Å². The van der Waals surface area contributed by atoms with Gasteiger partial charge in [-0.15, -0.1) is 0 Å². The van der Waals surface area contributed by atoms with Crippen LogP contribution in [-0.2, 0) is 19.5 Å². The number of ether oxygens (including phenoxy) is 1. The molecule has 8 nitrogen and oxygen atoms in total. The van der Waals surface area contributed by atoms with Crippen molar-refractivity contribution < 1.29 is 9.13 Å². The van der Waals surface area contributed by atoms with Crippen molar-refractivity contribution in [2.75, 3.05) is 39.2 Å². The second-order valence-electron chi connectivity index (χ2n) is 14.6. The number of benzene rings is 3. The second kappa shape index (κ2) is 13.7. The molecule has 0 aliphatic heterocycles. The largest absolute Gasteiger partial charge is 0.497 e. The molecular formula is C39H49FN6O2. The predicted molar refractivity (Wildman–Crippen MR) is 191 cm³/mol. The first-order chi connectivity index (χ1) is 23.0. The van der Waals surface area contributed by atoms with Gasteiger partial charge in [0.25, 0.3) is 5.56 Å². The summed E-state index contributed by atoms with van der Waals surface area (Å²) in [6.45, 7) is 9.64. The smallest absolute Gasteiger partial charge is 0.261 e. The molecule has 4 aromatic rings. The summed E-state index contributed by atoms with van der Waals surface area (Å²) < 4.78 is 21.3. The fourth-order valence-electron chi connectivity index (χ4n) is 8.03. The van der Waals surface area contributed by atoms with Crippen LogP contribution in [-0.4, -0.2) is 65.6 Å². The Kier molecular flexibility index (Phi) is 9.61. The average Bonchev–Trinajstić information content (AvgIpc) is 3.07. The van der Waals surface area contributed by atoms with Gasteiger partial charge in [0, 0.05) is 44.0 Å². The molecule has 1 heterocycles. The first-order valence-corrected chi connectivity index (χ1v) is 17.1. The molecule has 3 aromatic carbocycles. The highest BCUT2D eigenvalue weighted by Gasteiger charge is 2.57. The summed E-state index contributed by atoms with van der Waals surface area (Å²) >= 11 is 0. The van der Waals surface area contributed by atoms with Crippen LogP contribution in [0, 0.1) is 34.4 Å². The zero-order chi connectivity index (χ0) is 34.2. The minimum Gasteiger partial charge on any atom is -0.497 e. The fourth-order valence-corrected chi connectivity index (χ4v) is 8.03. The van der Waals surface area contributed by atoms with Gasteiger partial charge in [-0.2, -0.15) is 0 Å². The predicted octanol–water partition coefficient (Wildman–Crippen LogP) is 6.66. The van der Waals surface area contributed by atoms with Crippen molar-refractivity contribution in [2.24, 2.45) is 23.2 Å². The molecule has 9 heteroatoms. The van der Waals surface area contributed by atoms with Crippen LogP contribution < -0.4 is 15.2 Å². The van der Waals surface area contributed by atoms with E-state index in [0.717, 1.165) is 24.2 Å². The van der Waals surface area contributed by atoms with Gasteiger partial charge in [0.1, 0.15) is 11.6 Å². The molecule has 48 heavy (non-hydrogen) atoms. The van der Waals surface area contributed by atoms with Crippen LogP contribution in [0.5, 0.6) is 5.75 Å². The number of methoxy groups -OCH3 is 1. The van der Waals surface area contributed by atoms with Gasteiger partial charge in [0.05, 0.1) is 24.3 Å². The molecule has 0 saturated heterocycles. The molecule has 4 atom stereocenters. The molecule has 254 valence electrons. The minimum atomic E-state index is -0.354. The monoisotopic (exact) mass is 652 g/mol. The molecule has 0 spiro atoms. The van der Waals surface area contributed by atoms with Crippen molar-refractivity contribution >= 4 is 22.5 Å². The van der Waals surface area contributed by atoms with Gasteiger partial charge >= 0.3 is 0 Å². The standard InChI is InChI=1S/C39H49FN6O2/c1-26-33-20-29(39(33,2)3)21-36(26)46(38(41)44(19-18-43(4)5)24-27-10-8-7-9-11-27)30-13-15-32-35(22-30)42-25-45(37(32)47)17-16-28-12-14-31(48-6)23-34(28)40/h7-15,22-23,25-26,29,33,36,41H,16-21,24H2,1-6H3/t26-,29+,33-,36?/m0/s1. The summed E-state index contributed by atoms with van der Waals surface area (Å²) in [5.74, 6) is 2.20. The third-order valence-corrected chi connectivity index (χ3v) is 11.2. The van der Waals surface area contributed by atoms with Crippen LogP contribution in [0.1, 0.15) is 44.7 Å². The average molecular weight is 653 g/mol. The van der Waals surface area contributed by atoms with Gasteiger partial charge in [0.2, 0.25) is 0 Å². The molecule has 1 N–H and O–H groups in total. The Balaban J connectivity index is 1.33. The van der Waals surface area contributed by atoms with Crippen LogP contribution in [0.4, 0.5) is 10.1 Å². The fraction of sp³-hybridized carbons (Fsp3) is 0.462. The van der Waals surface area contributed by atoms with Gasteiger partial charge in [-0.25, -0.2) is 9.37 Å². The lowest BCUT2D eigenvalue weighted by Gasteiger charge is -2.63. The number of hydrogen-bond acceptors (Lipinski definition) is 5. The number of guanidine groups is 1. The zero-order valence-electron chi connectivity index (χ0n) is 29.1. The zero-order valence-corrected chi connectivity index (χ0v) is 29.1. The van der Waals surface area contributed by atoms with E-state index in [4.69, 9.17) is 9.72 Å². The van der Waals surface area contributed by atoms with E-state index in [9.17, 15) is 14.6 Å². The van der Waals surface area contributed by atoms with Gasteiger partial charge in [-0.3, -0.25) is 14.8 Å². The Morgan fingerprint density at radius 2 is 1.83 bits per heavy atom. The molecular weight excluding hydrogens is 603 g/mol. The Bertz CT molecular complexity index is 1820. The van der Waals surface area contributed by atoms with E-state index in [2.05, 4.69) is 73.8 Å². The van der Waals surface area contributed by atoms with Crippen LogP contribution in [0.15, 0.2) is 77.9 Å². The summed E-state index contributed by atoms with van der Waals surface area (Å²) in [4.78, 5) is 24.9. The van der Waals surface area contributed by atoms with E-state index in [0.29, 0.717) is 77.4 Å². The maximum absolute atomic E-state index is 14.6. The van der Waals surface area contributed by atoms with Crippen LogP contribution in [0.2, 0.25) is 0 Å². The molecule has 1 unspecified atom stereocenters. The Hall–Kier alpha value is -4.24. The maximum Gasteiger partial charge on any atom is 0.261 e. The highest BCUT2D eigenvalue weighted by Crippen LogP contribution is 2.62. The quantitative estimate of drug-likeness (QED) is 0.144. The first kappa shape index (κ1) is 33.7. The SMILES string of the molecule is COc1ccc(CCn2cnc3cc(N(C(=N)N(CCN(C)C)Cc4ccccc4)C4C[C@H]5C[C@@H]([C@@H]4C)C5(C)C)ccc3c2=O)c(F)c1. The van der Waals surface area contributed by atoms with E-state index >= 15 is 0 Å². The molecule has 0 amide bonds.